The summed E-state index contributed by atoms with van der Waals surface area (Å²) in [6.45, 7) is 2.22. The van der Waals surface area contributed by atoms with Crippen LogP contribution in [0.25, 0.3) is 0 Å². The van der Waals surface area contributed by atoms with Crippen molar-refractivity contribution < 1.29 is 19.2 Å². The van der Waals surface area contributed by atoms with E-state index in [0.29, 0.717) is 55.5 Å². The van der Waals surface area contributed by atoms with Gasteiger partial charge in [-0.15, -0.1) is 0 Å². The van der Waals surface area contributed by atoms with Crippen molar-refractivity contribution in [1.29, 1.82) is 0 Å². The number of anilines is 1. The maximum atomic E-state index is 12.9. The molecular weight excluding hydrogens is 460 g/mol. The Morgan fingerprint density at radius 2 is 1.87 bits per heavy atom. The zero-order valence-corrected chi connectivity index (χ0v) is 18.8. The Morgan fingerprint density at radius 1 is 1.06 bits per heavy atom. The van der Waals surface area contributed by atoms with E-state index in [0.717, 1.165) is 15.6 Å². The van der Waals surface area contributed by atoms with Gasteiger partial charge < -0.3 is 10.2 Å². The van der Waals surface area contributed by atoms with Crippen molar-refractivity contribution in [3.63, 3.8) is 0 Å². The minimum atomic E-state index is -0.562. The lowest BCUT2D eigenvalue weighted by Crippen LogP contribution is -2.42. The zero-order chi connectivity index (χ0) is 22.1. The van der Waals surface area contributed by atoms with Crippen LogP contribution in [-0.2, 0) is 16.1 Å². The summed E-state index contributed by atoms with van der Waals surface area (Å²) in [6, 6.07) is 10.0. The number of benzene rings is 2. The third kappa shape index (κ3) is 4.46. The number of halogens is 1. The minimum absolute atomic E-state index is 0.0211. The molecule has 1 aliphatic carbocycles. The Balaban J connectivity index is 1.51. The quantitative estimate of drug-likeness (QED) is 0.700. The van der Waals surface area contributed by atoms with Crippen molar-refractivity contribution in [2.24, 2.45) is 0 Å². The van der Waals surface area contributed by atoms with Crippen molar-refractivity contribution in [2.75, 3.05) is 5.32 Å². The second kappa shape index (κ2) is 8.75. The first-order chi connectivity index (χ1) is 14.8. The Morgan fingerprint density at radius 3 is 2.65 bits per heavy atom. The van der Waals surface area contributed by atoms with E-state index in [1.165, 1.54) is 0 Å². The molecule has 1 unspecified atom stereocenters. The Labute approximate surface area is 189 Å². The van der Waals surface area contributed by atoms with E-state index >= 15 is 0 Å². The molecule has 0 saturated heterocycles. The standard InChI is InChI=1S/C24H23BrN2O4/c1-14-11-15(5-9-20(14)25)23(30)26-17-6-8-19-16(12-17)13-27(24(19)31)21-10-7-18(28)3-2-4-22(21)29/h5-6,8-9,11-12,21H,2-4,7,10,13H2,1H3,(H,26,30). The number of carbonyl (C=O) groups is 4. The molecular formula is C24H23BrN2O4. The fourth-order valence-corrected chi connectivity index (χ4v) is 4.45. The largest absolute Gasteiger partial charge is 0.324 e. The number of nitrogens with zero attached hydrogens (tertiary/aromatic N) is 1. The number of ketones is 2. The summed E-state index contributed by atoms with van der Waals surface area (Å²) >= 11 is 3.43. The predicted octanol–water partition coefficient (Wildman–Crippen LogP) is 4.44. The van der Waals surface area contributed by atoms with Crippen LogP contribution in [-0.4, -0.2) is 34.3 Å². The van der Waals surface area contributed by atoms with Gasteiger partial charge in [-0.25, -0.2) is 0 Å². The summed E-state index contributed by atoms with van der Waals surface area (Å²) in [5, 5.41) is 2.88. The molecule has 7 heteroatoms. The lowest BCUT2D eigenvalue weighted by Gasteiger charge is -2.27. The molecule has 0 aromatic heterocycles. The Bertz CT molecular complexity index is 1090. The highest BCUT2D eigenvalue weighted by Gasteiger charge is 2.36. The van der Waals surface area contributed by atoms with Crippen molar-refractivity contribution in [2.45, 2.75) is 51.6 Å². The number of hydrogen-bond acceptors (Lipinski definition) is 4. The van der Waals surface area contributed by atoms with Gasteiger partial charge in [0.1, 0.15) is 5.78 Å². The Kier molecular flexibility index (Phi) is 6.05. The van der Waals surface area contributed by atoms with Crippen LogP contribution in [0.2, 0.25) is 0 Å². The number of fused-ring (bicyclic) bond motifs is 1. The van der Waals surface area contributed by atoms with Gasteiger partial charge in [0.15, 0.2) is 5.78 Å². The molecule has 0 radical (unpaired) electrons. The number of rotatable bonds is 3. The summed E-state index contributed by atoms with van der Waals surface area (Å²) in [5.74, 6) is -0.254. The topological polar surface area (TPSA) is 83.6 Å². The number of carbonyl (C=O) groups excluding carboxylic acids is 4. The van der Waals surface area contributed by atoms with Gasteiger partial charge in [-0.1, -0.05) is 15.9 Å². The molecule has 0 spiro atoms. The molecule has 1 heterocycles. The van der Waals surface area contributed by atoms with Crippen LogP contribution in [0.3, 0.4) is 0 Å². The van der Waals surface area contributed by atoms with E-state index in [9.17, 15) is 19.2 Å². The lowest BCUT2D eigenvalue weighted by molar-refractivity contribution is -0.126. The number of amides is 2. The number of nitrogens with one attached hydrogen (secondary N) is 1. The van der Waals surface area contributed by atoms with E-state index in [-0.39, 0.29) is 23.4 Å². The monoisotopic (exact) mass is 482 g/mol. The van der Waals surface area contributed by atoms with E-state index in [1.54, 1.807) is 35.2 Å². The molecule has 2 aromatic carbocycles. The van der Waals surface area contributed by atoms with Crippen LogP contribution in [0.5, 0.6) is 0 Å². The average Bonchev–Trinajstić information content (AvgIpc) is 3.04. The minimum Gasteiger partial charge on any atom is -0.324 e. The first-order valence-corrected chi connectivity index (χ1v) is 11.2. The van der Waals surface area contributed by atoms with Crippen LogP contribution in [0.1, 0.15) is 63.9 Å². The van der Waals surface area contributed by atoms with Gasteiger partial charge in [0.2, 0.25) is 0 Å². The third-order valence-electron chi connectivity index (χ3n) is 5.94. The molecule has 6 nitrogen and oxygen atoms in total. The molecule has 1 aliphatic heterocycles. The Hall–Kier alpha value is -2.80. The van der Waals surface area contributed by atoms with Crippen LogP contribution < -0.4 is 5.32 Å². The third-order valence-corrected chi connectivity index (χ3v) is 6.83. The van der Waals surface area contributed by atoms with Gasteiger partial charge in [0.25, 0.3) is 11.8 Å². The average molecular weight is 483 g/mol. The summed E-state index contributed by atoms with van der Waals surface area (Å²) in [7, 11) is 0. The molecule has 160 valence electrons. The fraction of sp³-hybridized carbons (Fsp3) is 0.333. The highest BCUT2D eigenvalue weighted by molar-refractivity contribution is 9.10. The van der Waals surface area contributed by atoms with Crippen molar-refractivity contribution >= 4 is 45.0 Å². The van der Waals surface area contributed by atoms with Crippen LogP contribution in [0, 0.1) is 6.92 Å². The lowest BCUT2D eigenvalue weighted by atomic mass is 9.94. The van der Waals surface area contributed by atoms with E-state index < -0.39 is 6.04 Å². The number of Topliss-reactive ketones (excluding diaryl/α,β-unsaturated/α-hetero) is 2. The molecule has 1 atom stereocenters. The van der Waals surface area contributed by atoms with Gasteiger partial charge in [-0.2, -0.15) is 0 Å². The van der Waals surface area contributed by atoms with E-state index in [2.05, 4.69) is 21.2 Å². The maximum absolute atomic E-state index is 12.9. The molecule has 2 amide bonds. The second-order valence-corrected chi connectivity index (χ2v) is 8.99. The summed E-state index contributed by atoms with van der Waals surface area (Å²) in [5.41, 5.74) is 3.42. The molecule has 31 heavy (non-hydrogen) atoms. The van der Waals surface area contributed by atoms with E-state index in [1.807, 2.05) is 13.0 Å². The summed E-state index contributed by atoms with van der Waals surface area (Å²) < 4.78 is 0.936. The summed E-state index contributed by atoms with van der Waals surface area (Å²) in [4.78, 5) is 51.6. The van der Waals surface area contributed by atoms with Gasteiger partial charge >= 0.3 is 0 Å². The van der Waals surface area contributed by atoms with Gasteiger partial charge in [-0.05, 0) is 67.3 Å². The molecule has 1 fully saturated rings. The number of aryl methyl sites for hydroxylation is 1. The first kappa shape index (κ1) is 21.4. The molecule has 2 aliphatic rings. The van der Waals surface area contributed by atoms with Crippen LogP contribution >= 0.6 is 15.9 Å². The number of hydrogen-bond donors (Lipinski definition) is 1. The smallest absolute Gasteiger partial charge is 0.255 e. The van der Waals surface area contributed by atoms with Gasteiger partial charge in [-0.3, -0.25) is 19.2 Å². The highest BCUT2D eigenvalue weighted by Crippen LogP contribution is 2.30. The molecule has 1 saturated carbocycles. The SMILES string of the molecule is Cc1cc(C(=O)Nc2ccc3c(c2)CN(C2CCC(=O)CCCC2=O)C3=O)ccc1Br. The normalized spacial score (nSPS) is 19.1. The first-order valence-electron chi connectivity index (χ1n) is 10.4. The second-order valence-electron chi connectivity index (χ2n) is 8.14. The molecule has 4 rings (SSSR count). The van der Waals surface area contributed by atoms with Crippen LogP contribution in [0.15, 0.2) is 40.9 Å². The maximum Gasteiger partial charge on any atom is 0.255 e. The zero-order valence-electron chi connectivity index (χ0n) is 17.2. The summed E-state index contributed by atoms with van der Waals surface area (Å²) in [6.07, 6.45) is 2.02. The highest BCUT2D eigenvalue weighted by atomic mass is 79.9. The fourth-order valence-electron chi connectivity index (χ4n) is 4.20. The van der Waals surface area contributed by atoms with Gasteiger partial charge in [0, 0.05) is 47.1 Å². The van der Waals surface area contributed by atoms with Crippen LogP contribution in [0.4, 0.5) is 5.69 Å². The molecule has 1 N–H and O–H groups in total. The van der Waals surface area contributed by atoms with E-state index in [4.69, 9.17) is 0 Å². The van der Waals surface area contributed by atoms with Crippen molar-refractivity contribution in [3.05, 3.63) is 63.1 Å². The predicted molar refractivity (Wildman–Crippen MR) is 120 cm³/mol. The van der Waals surface area contributed by atoms with Gasteiger partial charge in [0.05, 0.1) is 6.04 Å². The van der Waals surface area contributed by atoms with Crippen molar-refractivity contribution in [3.8, 4) is 0 Å². The molecule has 0 bridgehead atoms. The molecule has 2 aromatic rings. The van der Waals surface area contributed by atoms with Crippen molar-refractivity contribution in [1.82, 2.24) is 4.90 Å².